The third kappa shape index (κ3) is 3.65. The molecule has 0 spiro atoms. The van der Waals surface area contributed by atoms with Gasteiger partial charge in [-0.15, -0.1) is 0 Å². The molecule has 132 valence electrons. The van der Waals surface area contributed by atoms with Gasteiger partial charge in [0.15, 0.2) is 0 Å². The fourth-order valence-electron chi connectivity index (χ4n) is 3.62. The Kier molecular flexibility index (Phi) is 5.26. The number of carbonyl (C=O) groups excluding carboxylic acids is 1. The number of urea groups is 1. The van der Waals surface area contributed by atoms with Crippen molar-refractivity contribution in [2.45, 2.75) is 37.6 Å². The van der Waals surface area contributed by atoms with Crippen LogP contribution in [0.25, 0.3) is 0 Å². The number of ether oxygens (including phenoxy) is 2. The molecule has 2 saturated heterocycles. The van der Waals surface area contributed by atoms with Gasteiger partial charge in [-0.25, -0.2) is 4.79 Å². The lowest BCUT2D eigenvalue weighted by Crippen LogP contribution is -2.50. The summed E-state index contributed by atoms with van der Waals surface area (Å²) >= 11 is 0. The Labute approximate surface area is 143 Å². The van der Waals surface area contributed by atoms with Crippen LogP contribution in [0.3, 0.4) is 0 Å². The minimum atomic E-state index is -0.0563. The van der Waals surface area contributed by atoms with Crippen molar-refractivity contribution in [3.63, 3.8) is 0 Å². The Bertz CT molecular complexity index is 561. The summed E-state index contributed by atoms with van der Waals surface area (Å²) in [6, 6.07) is 8.54. The Hall–Kier alpha value is -1.79. The Morgan fingerprint density at radius 3 is 2.79 bits per heavy atom. The molecule has 6 heteroatoms. The fourth-order valence-corrected chi connectivity index (χ4v) is 3.62. The monoisotopic (exact) mass is 333 g/mol. The van der Waals surface area contributed by atoms with E-state index in [2.05, 4.69) is 22.3 Å². The van der Waals surface area contributed by atoms with Crippen LogP contribution in [-0.2, 0) is 11.3 Å². The first-order valence-electron chi connectivity index (χ1n) is 8.55. The molecule has 3 atom stereocenters. The lowest BCUT2D eigenvalue weighted by Gasteiger charge is -2.32. The van der Waals surface area contributed by atoms with Gasteiger partial charge in [0.2, 0.25) is 0 Å². The molecular weight excluding hydrogens is 306 g/mol. The van der Waals surface area contributed by atoms with E-state index in [0.717, 1.165) is 38.3 Å². The van der Waals surface area contributed by atoms with E-state index in [-0.39, 0.29) is 18.2 Å². The van der Waals surface area contributed by atoms with E-state index in [9.17, 15) is 4.79 Å². The number of hydrogen-bond donors (Lipinski definition) is 1. The first-order valence-corrected chi connectivity index (χ1v) is 8.55. The van der Waals surface area contributed by atoms with Gasteiger partial charge in [-0.2, -0.15) is 0 Å². The molecule has 2 aliphatic rings. The van der Waals surface area contributed by atoms with Crippen molar-refractivity contribution in [3.8, 4) is 5.75 Å². The third-order valence-corrected chi connectivity index (χ3v) is 4.89. The Morgan fingerprint density at radius 1 is 1.38 bits per heavy atom. The molecule has 0 saturated carbocycles. The molecule has 1 aromatic rings. The minimum absolute atomic E-state index is 0.0449. The maximum absolute atomic E-state index is 12.0. The van der Waals surface area contributed by atoms with Gasteiger partial charge in [0.1, 0.15) is 5.75 Å². The molecule has 0 bridgehead atoms. The van der Waals surface area contributed by atoms with Crippen molar-refractivity contribution in [2.75, 3.05) is 34.4 Å². The first-order chi connectivity index (χ1) is 11.6. The number of amides is 2. The van der Waals surface area contributed by atoms with Crippen molar-refractivity contribution in [3.05, 3.63) is 29.8 Å². The van der Waals surface area contributed by atoms with Crippen molar-refractivity contribution >= 4 is 6.03 Å². The van der Waals surface area contributed by atoms with Gasteiger partial charge in [-0.05, 0) is 30.5 Å². The molecule has 2 heterocycles. The van der Waals surface area contributed by atoms with E-state index in [1.165, 1.54) is 5.56 Å². The molecule has 1 N–H and O–H groups in total. The van der Waals surface area contributed by atoms with Crippen LogP contribution in [0, 0.1) is 0 Å². The van der Waals surface area contributed by atoms with Crippen LogP contribution >= 0.6 is 0 Å². The maximum Gasteiger partial charge on any atom is 0.317 e. The lowest BCUT2D eigenvalue weighted by atomic mass is 10.0. The van der Waals surface area contributed by atoms with E-state index in [0.29, 0.717) is 6.04 Å². The molecular formula is C18H27N3O3. The topological polar surface area (TPSA) is 54.0 Å². The number of likely N-dealkylation sites (tertiary alicyclic amines) is 1. The Morgan fingerprint density at radius 2 is 2.12 bits per heavy atom. The van der Waals surface area contributed by atoms with Crippen LogP contribution in [0.5, 0.6) is 5.75 Å². The van der Waals surface area contributed by atoms with Gasteiger partial charge in [-0.3, -0.25) is 4.90 Å². The highest BCUT2D eigenvalue weighted by molar-refractivity contribution is 5.74. The molecule has 24 heavy (non-hydrogen) atoms. The molecule has 1 aromatic carbocycles. The van der Waals surface area contributed by atoms with Crippen LogP contribution in [0.15, 0.2) is 24.3 Å². The molecule has 6 nitrogen and oxygen atoms in total. The van der Waals surface area contributed by atoms with Crippen LogP contribution in [0.4, 0.5) is 4.79 Å². The summed E-state index contributed by atoms with van der Waals surface area (Å²) in [6.07, 6.45) is 2.28. The van der Waals surface area contributed by atoms with Gasteiger partial charge in [0, 0.05) is 39.8 Å². The number of nitrogens with zero attached hydrogens (tertiary/aromatic N) is 2. The summed E-state index contributed by atoms with van der Waals surface area (Å²) in [5.41, 5.74) is 1.25. The predicted octanol–water partition coefficient (Wildman–Crippen LogP) is 1.70. The number of methoxy groups -OCH3 is 1. The summed E-state index contributed by atoms with van der Waals surface area (Å²) in [7, 11) is 5.20. The van der Waals surface area contributed by atoms with Crippen LogP contribution in [0.1, 0.15) is 18.4 Å². The summed E-state index contributed by atoms with van der Waals surface area (Å²) < 4.78 is 11.2. The first kappa shape index (κ1) is 17.0. The van der Waals surface area contributed by atoms with E-state index in [1.807, 2.05) is 12.1 Å². The normalized spacial score (nSPS) is 26.7. The summed E-state index contributed by atoms with van der Waals surface area (Å²) in [6.45, 7) is 2.47. The van der Waals surface area contributed by atoms with Crippen LogP contribution in [-0.4, -0.2) is 68.4 Å². The number of rotatable bonds is 4. The molecule has 0 unspecified atom stereocenters. The molecule has 0 radical (unpaired) electrons. The molecule has 0 aromatic heterocycles. The van der Waals surface area contributed by atoms with Crippen LogP contribution in [0.2, 0.25) is 0 Å². The van der Waals surface area contributed by atoms with E-state index in [4.69, 9.17) is 9.47 Å². The van der Waals surface area contributed by atoms with Crippen molar-refractivity contribution in [2.24, 2.45) is 0 Å². The number of nitrogens with one attached hydrogen (secondary N) is 1. The summed E-state index contributed by atoms with van der Waals surface area (Å²) in [5, 5.41) is 3.11. The second-order valence-electron chi connectivity index (χ2n) is 6.77. The summed E-state index contributed by atoms with van der Waals surface area (Å²) in [4.78, 5) is 16.0. The molecule has 2 aliphatic heterocycles. The zero-order valence-electron chi connectivity index (χ0n) is 14.7. The van der Waals surface area contributed by atoms with Crippen molar-refractivity contribution < 1.29 is 14.3 Å². The van der Waals surface area contributed by atoms with Crippen molar-refractivity contribution in [1.82, 2.24) is 15.1 Å². The molecule has 2 fully saturated rings. The highest BCUT2D eigenvalue weighted by Crippen LogP contribution is 2.30. The van der Waals surface area contributed by atoms with Crippen molar-refractivity contribution in [1.29, 1.82) is 0 Å². The van der Waals surface area contributed by atoms with Gasteiger partial charge in [-0.1, -0.05) is 12.1 Å². The lowest BCUT2D eigenvalue weighted by molar-refractivity contribution is -0.0207. The SMILES string of the molecule is COc1ccc(CN2C[C@H](NC(=O)N(C)C)[C@@H]3OCCC[C@@H]32)cc1. The highest BCUT2D eigenvalue weighted by Gasteiger charge is 2.44. The van der Waals surface area contributed by atoms with E-state index >= 15 is 0 Å². The standard InChI is InChI=1S/C18H27N3O3/c1-20(2)18(22)19-15-12-21(16-5-4-10-24-17(15)16)11-13-6-8-14(23-3)9-7-13/h6-9,15-17H,4-5,10-12H2,1-3H3,(H,19,22)/t15-,16-,17-/m0/s1. The number of hydrogen-bond acceptors (Lipinski definition) is 4. The average molecular weight is 333 g/mol. The average Bonchev–Trinajstić information content (AvgIpc) is 2.93. The van der Waals surface area contributed by atoms with Gasteiger partial charge in [0.25, 0.3) is 0 Å². The minimum Gasteiger partial charge on any atom is -0.497 e. The zero-order valence-corrected chi connectivity index (χ0v) is 14.7. The molecule has 0 aliphatic carbocycles. The zero-order chi connectivity index (χ0) is 17.1. The fraction of sp³-hybridized carbons (Fsp3) is 0.611. The number of carbonyl (C=O) groups is 1. The highest BCUT2D eigenvalue weighted by atomic mass is 16.5. The Balaban J connectivity index is 1.69. The smallest absolute Gasteiger partial charge is 0.317 e. The molecule has 3 rings (SSSR count). The number of benzene rings is 1. The maximum atomic E-state index is 12.0. The number of fused-ring (bicyclic) bond motifs is 1. The predicted molar refractivity (Wildman–Crippen MR) is 92.2 cm³/mol. The van der Waals surface area contributed by atoms with Crippen LogP contribution < -0.4 is 10.1 Å². The summed E-state index contributed by atoms with van der Waals surface area (Å²) in [5.74, 6) is 0.871. The van der Waals surface area contributed by atoms with E-state index < -0.39 is 0 Å². The molecule has 2 amide bonds. The van der Waals surface area contributed by atoms with Gasteiger partial charge in [0.05, 0.1) is 19.3 Å². The second-order valence-corrected chi connectivity index (χ2v) is 6.77. The third-order valence-electron chi connectivity index (χ3n) is 4.89. The largest absolute Gasteiger partial charge is 0.497 e. The quantitative estimate of drug-likeness (QED) is 0.911. The van der Waals surface area contributed by atoms with Gasteiger partial charge < -0.3 is 19.7 Å². The second kappa shape index (κ2) is 7.40. The van der Waals surface area contributed by atoms with Gasteiger partial charge >= 0.3 is 6.03 Å². The van der Waals surface area contributed by atoms with E-state index in [1.54, 1.807) is 26.1 Å².